The minimum atomic E-state index is -0.534. The summed E-state index contributed by atoms with van der Waals surface area (Å²) in [6, 6.07) is 16.9. The van der Waals surface area contributed by atoms with Gasteiger partial charge in [0.25, 0.3) is 0 Å². The van der Waals surface area contributed by atoms with Crippen LogP contribution in [0.1, 0.15) is 28.8 Å². The zero-order valence-electron chi connectivity index (χ0n) is 12.2. The highest BCUT2D eigenvalue weighted by molar-refractivity contribution is 5.62. The van der Waals surface area contributed by atoms with E-state index in [0.29, 0.717) is 6.04 Å². The Morgan fingerprint density at radius 3 is 2.38 bits per heavy atom. The summed E-state index contributed by atoms with van der Waals surface area (Å²) in [5.41, 5.74) is 4.51. The molecule has 2 aliphatic rings. The first-order chi connectivity index (χ1) is 10.3. The highest BCUT2D eigenvalue weighted by atomic mass is 16.3. The van der Waals surface area contributed by atoms with Crippen molar-refractivity contribution in [3.63, 3.8) is 0 Å². The van der Waals surface area contributed by atoms with E-state index >= 15 is 0 Å². The van der Waals surface area contributed by atoms with Crippen LogP contribution in [0.15, 0.2) is 48.5 Å². The highest BCUT2D eigenvalue weighted by Gasteiger charge is 2.34. The molecule has 2 aliphatic heterocycles. The molecule has 21 heavy (non-hydrogen) atoms. The number of hydrogen-bond acceptors (Lipinski definition) is 3. The number of fused-ring (bicyclic) bond motifs is 5. The second-order valence-corrected chi connectivity index (χ2v) is 6.06. The normalized spacial score (nSPS) is 24.8. The fourth-order valence-corrected chi connectivity index (χ4v) is 3.69. The first-order valence-electron chi connectivity index (χ1n) is 7.56. The predicted molar refractivity (Wildman–Crippen MR) is 84.5 cm³/mol. The van der Waals surface area contributed by atoms with Gasteiger partial charge in [-0.2, -0.15) is 0 Å². The molecule has 0 bridgehead atoms. The SMILES string of the molecule is CN1CCN2c3ccccc3[C@H](O)c3ccccc3[C@@H]2C1. The lowest BCUT2D eigenvalue weighted by molar-refractivity contribution is 0.220. The fraction of sp³-hybridized carbons (Fsp3) is 0.333. The molecular formula is C18H20N2O. The Balaban J connectivity index is 1.95. The van der Waals surface area contributed by atoms with Gasteiger partial charge in [-0.05, 0) is 24.2 Å². The molecule has 4 rings (SSSR count). The molecule has 0 radical (unpaired) electrons. The minimum absolute atomic E-state index is 0.318. The van der Waals surface area contributed by atoms with Crippen molar-refractivity contribution >= 4 is 5.69 Å². The number of aliphatic hydroxyl groups excluding tert-OH is 1. The van der Waals surface area contributed by atoms with Crippen LogP contribution in [0.5, 0.6) is 0 Å². The lowest BCUT2D eigenvalue weighted by Gasteiger charge is -2.41. The van der Waals surface area contributed by atoms with Crippen LogP contribution >= 0.6 is 0 Å². The van der Waals surface area contributed by atoms with Gasteiger partial charge in [-0.25, -0.2) is 0 Å². The van der Waals surface area contributed by atoms with Gasteiger partial charge in [0.15, 0.2) is 0 Å². The molecule has 1 N–H and O–H groups in total. The number of hydrogen-bond donors (Lipinski definition) is 1. The van der Waals surface area contributed by atoms with Crippen molar-refractivity contribution in [2.75, 3.05) is 31.6 Å². The summed E-state index contributed by atoms with van der Waals surface area (Å²) >= 11 is 0. The van der Waals surface area contributed by atoms with E-state index in [2.05, 4.69) is 53.2 Å². The van der Waals surface area contributed by atoms with Gasteiger partial charge in [-0.1, -0.05) is 42.5 Å². The maximum atomic E-state index is 10.9. The Kier molecular flexibility index (Phi) is 2.98. The summed E-state index contributed by atoms with van der Waals surface area (Å²) < 4.78 is 0. The zero-order chi connectivity index (χ0) is 14.4. The fourth-order valence-electron chi connectivity index (χ4n) is 3.69. The third-order valence-corrected chi connectivity index (χ3v) is 4.77. The molecule has 1 fully saturated rings. The summed E-state index contributed by atoms with van der Waals surface area (Å²) in [5.74, 6) is 0. The molecule has 1 saturated heterocycles. The van der Waals surface area contributed by atoms with Crippen LogP contribution in [0.2, 0.25) is 0 Å². The lowest BCUT2D eigenvalue weighted by Crippen LogP contribution is -2.46. The number of para-hydroxylation sites is 1. The zero-order valence-corrected chi connectivity index (χ0v) is 12.2. The smallest absolute Gasteiger partial charge is 0.106 e. The van der Waals surface area contributed by atoms with Gasteiger partial charge >= 0.3 is 0 Å². The van der Waals surface area contributed by atoms with Crippen molar-refractivity contribution < 1.29 is 5.11 Å². The van der Waals surface area contributed by atoms with Gasteiger partial charge in [-0.15, -0.1) is 0 Å². The monoisotopic (exact) mass is 280 g/mol. The van der Waals surface area contributed by atoms with Gasteiger partial charge < -0.3 is 14.9 Å². The molecule has 3 nitrogen and oxygen atoms in total. The molecule has 2 aromatic carbocycles. The van der Waals surface area contributed by atoms with E-state index in [1.54, 1.807) is 0 Å². The Labute approximate surface area is 125 Å². The minimum Gasteiger partial charge on any atom is -0.384 e. The number of nitrogens with zero attached hydrogens (tertiary/aromatic N) is 2. The van der Waals surface area contributed by atoms with E-state index in [-0.39, 0.29) is 0 Å². The lowest BCUT2D eigenvalue weighted by atomic mass is 9.94. The molecule has 2 heterocycles. The Bertz CT molecular complexity index is 670. The van der Waals surface area contributed by atoms with Crippen molar-refractivity contribution in [1.29, 1.82) is 0 Å². The summed E-state index contributed by atoms with van der Waals surface area (Å²) in [5, 5.41) is 10.9. The number of benzene rings is 2. The number of anilines is 1. The Morgan fingerprint density at radius 2 is 1.57 bits per heavy atom. The van der Waals surface area contributed by atoms with Crippen molar-refractivity contribution in [2.45, 2.75) is 12.1 Å². The van der Waals surface area contributed by atoms with Gasteiger partial charge in [0.1, 0.15) is 6.10 Å². The van der Waals surface area contributed by atoms with E-state index in [0.717, 1.165) is 30.8 Å². The van der Waals surface area contributed by atoms with Crippen LogP contribution < -0.4 is 4.90 Å². The molecular weight excluding hydrogens is 260 g/mol. The summed E-state index contributed by atoms with van der Waals surface area (Å²) in [4.78, 5) is 4.84. The van der Waals surface area contributed by atoms with E-state index in [1.807, 2.05) is 12.1 Å². The maximum absolute atomic E-state index is 10.9. The molecule has 0 spiro atoms. The molecule has 0 saturated carbocycles. The first-order valence-corrected chi connectivity index (χ1v) is 7.56. The predicted octanol–water partition coefficient (Wildman–Crippen LogP) is 2.57. The number of piperazine rings is 1. The van der Waals surface area contributed by atoms with Crippen LogP contribution in [0, 0.1) is 0 Å². The van der Waals surface area contributed by atoms with Crippen molar-refractivity contribution in [1.82, 2.24) is 4.90 Å². The second kappa shape index (κ2) is 4.86. The van der Waals surface area contributed by atoms with Crippen molar-refractivity contribution in [2.24, 2.45) is 0 Å². The van der Waals surface area contributed by atoms with E-state index in [1.165, 1.54) is 11.3 Å². The maximum Gasteiger partial charge on any atom is 0.106 e. The van der Waals surface area contributed by atoms with Gasteiger partial charge in [-0.3, -0.25) is 0 Å². The summed E-state index contributed by atoms with van der Waals surface area (Å²) in [7, 11) is 2.17. The second-order valence-electron chi connectivity index (χ2n) is 6.06. The molecule has 0 unspecified atom stereocenters. The van der Waals surface area contributed by atoms with E-state index in [9.17, 15) is 5.11 Å². The van der Waals surface area contributed by atoms with Crippen molar-refractivity contribution in [3.05, 3.63) is 65.2 Å². The van der Waals surface area contributed by atoms with E-state index < -0.39 is 6.10 Å². The van der Waals surface area contributed by atoms with Crippen molar-refractivity contribution in [3.8, 4) is 0 Å². The molecule has 0 amide bonds. The molecule has 108 valence electrons. The summed E-state index contributed by atoms with van der Waals surface area (Å²) in [6.45, 7) is 3.06. The number of aliphatic hydroxyl groups is 1. The van der Waals surface area contributed by atoms with Crippen LogP contribution in [0.25, 0.3) is 0 Å². The number of rotatable bonds is 0. The van der Waals surface area contributed by atoms with Crippen LogP contribution in [-0.2, 0) is 0 Å². The van der Waals surface area contributed by atoms with Crippen LogP contribution in [-0.4, -0.2) is 36.7 Å². The van der Waals surface area contributed by atoms with Crippen LogP contribution in [0.4, 0.5) is 5.69 Å². The third-order valence-electron chi connectivity index (χ3n) is 4.77. The average molecular weight is 280 g/mol. The topological polar surface area (TPSA) is 26.7 Å². The standard InChI is InChI=1S/C18H20N2O/c1-19-10-11-20-16-9-5-4-8-15(16)18(21)14-7-3-2-6-13(14)17(20)12-19/h2-9,17-18,21H,10-12H2,1H3/t17-,18+/m0/s1. The average Bonchev–Trinajstić information content (AvgIpc) is 2.63. The third kappa shape index (κ3) is 1.96. The molecule has 0 aromatic heterocycles. The van der Waals surface area contributed by atoms with Crippen LogP contribution in [0.3, 0.4) is 0 Å². The largest absolute Gasteiger partial charge is 0.384 e. The molecule has 2 aromatic rings. The quantitative estimate of drug-likeness (QED) is 0.803. The Morgan fingerprint density at radius 1 is 0.905 bits per heavy atom. The highest BCUT2D eigenvalue weighted by Crippen LogP contribution is 2.43. The Hall–Kier alpha value is -1.84. The molecule has 0 aliphatic carbocycles. The molecule has 2 atom stereocenters. The molecule has 3 heteroatoms. The number of likely N-dealkylation sites (N-methyl/N-ethyl adjacent to an activating group) is 1. The van der Waals surface area contributed by atoms with Gasteiger partial charge in [0.05, 0.1) is 6.04 Å². The van der Waals surface area contributed by atoms with Gasteiger partial charge in [0.2, 0.25) is 0 Å². The van der Waals surface area contributed by atoms with Gasteiger partial charge in [0, 0.05) is 30.9 Å². The first kappa shape index (κ1) is 12.9. The summed E-state index contributed by atoms with van der Waals surface area (Å²) in [6.07, 6.45) is -0.534. The van der Waals surface area contributed by atoms with E-state index in [4.69, 9.17) is 0 Å².